The van der Waals surface area contributed by atoms with Gasteiger partial charge in [-0.1, -0.05) is 6.58 Å². The van der Waals surface area contributed by atoms with Gasteiger partial charge in [0, 0.05) is 6.54 Å². The average molecular weight is 285 g/mol. The van der Waals surface area contributed by atoms with Crippen LogP contribution in [0.3, 0.4) is 0 Å². The third kappa shape index (κ3) is 11.3. The van der Waals surface area contributed by atoms with E-state index in [-0.39, 0.29) is 31.5 Å². The van der Waals surface area contributed by atoms with Gasteiger partial charge in [0.05, 0.1) is 25.6 Å². The Morgan fingerprint density at radius 2 is 1.80 bits per heavy atom. The predicted molar refractivity (Wildman–Crippen MR) is 73.9 cm³/mol. The zero-order chi connectivity index (χ0) is 15.4. The number of nitrogens with one attached hydrogen (secondary N) is 1. The zero-order valence-electron chi connectivity index (χ0n) is 12.1. The Morgan fingerprint density at radius 1 is 1.15 bits per heavy atom. The van der Waals surface area contributed by atoms with Gasteiger partial charge in [0.15, 0.2) is 0 Å². The molecule has 0 aromatic carbocycles. The fourth-order valence-corrected chi connectivity index (χ4v) is 1.29. The summed E-state index contributed by atoms with van der Waals surface area (Å²) in [7, 11) is 0. The molecule has 0 unspecified atom stereocenters. The van der Waals surface area contributed by atoms with Crippen molar-refractivity contribution >= 4 is 17.8 Å². The number of carbonyl (C=O) groups excluding carboxylic acids is 3. The van der Waals surface area contributed by atoms with E-state index in [1.807, 2.05) is 0 Å². The molecule has 0 aromatic heterocycles. The predicted octanol–water partition coefficient (Wildman–Crippen LogP) is 1.34. The molecule has 0 aliphatic heterocycles. The fraction of sp³-hybridized carbons (Fsp3) is 0.643. The van der Waals surface area contributed by atoms with Crippen LogP contribution in [0, 0.1) is 0 Å². The lowest BCUT2D eigenvalue weighted by atomic mass is 10.3. The number of unbranched alkanes of at least 4 members (excludes halogenated alkanes) is 1. The molecule has 0 fully saturated rings. The molecule has 0 radical (unpaired) electrons. The molecule has 0 bridgehead atoms. The van der Waals surface area contributed by atoms with Crippen molar-refractivity contribution in [2.75, 3.05) is 13.2 Å². The standard InChI is InChI=1S/C14H23NO5/c1-4-12(16)15-9-5-6-10-19-13(17)7-8-14(18)20-11(2)3/h4,11H,1,5-10H2,2-3H3,(H,15,16). The third-order valence-electron chi connectivity index (χ3n) is 2.22. The summed E-state index contributed by atoms with van der Waals surface area (Å²) in [5.74, 6) is -1.03. The molecule has 0 atom stereocenters. The maximum Gasteiger partial charge on any atom is 0.306 e. The number of amides is 1. The molecule has 1 N–H and O–H groups in total. The summed E-state index contributed by atoms with van der Waals surface area (Å²) in [5, 5.41) is 2.62. The topological polar surface area (TPSA) is 81.7 Å². The van der Waals surface area contributed by atoms with Crippen molar-refractivity contribution in [3.05, 3.63) is 12.7 Å². The van der Waals surface area contributed by atoms with E-state index in [1.54, 1.807) is 13.8 Å². The quantitative estimate of drug-likeness (QED) is 0.372. The first kappa shape index (κ1) is 18.1. The van der Waals surface area contributed by atoms with Crippen molar-refractivity contribution in [2.45, 2.75) is 45.6 Å². The van der Waals surface area contributed by atoms with Crippen LogP contribution in [0.2, 0.25) is 0 Å². The van der Waals surface area contributed by atoms with Crippen LogP contribution < -0.4 is 5.32 Å². The SMILES string of the molecule is C=CC(=O)NCCCCOC(=O)CCC(=O)OC(C)C. The van der Waals surface area contributed by atoms with Crippen LogP contribution in [0.15, 0.2) is 12.7 Å². The van der Waals surface area contributed by atoms with Gasteiger partial charge >= 0.3 is 11.9 Å². The van der Waals surface area contributed by atoms with Gasteiger partial charge in [-0.25, -0.2) is 0 Å². The summed E-state index contributed by atoms with van der Waals surface area (Å²) in [6.45, 7) is 7.63. The Bertz CT molecular complexity index is 338. The van der Waals surface area contributed by atoms with Gasteiger partial charge in [-0.3, -0.25) is 14.4 Å². The van der Waals surface area contributed by atoms with E-state index in [9.17, 15) is 14.4 Å². The lowest BCUT2D eigenvalue weighted by molar-refractivity contribution is -0.152. The van der Waals surface area contributed by atoms with E-state index in [4.69, 9.17) is 9.47 Å². The van der Waals surface area contributed by atoms with E-state index in [0.717, 1.165) is 0 Å². The van der Waals surface area contributed by atoms with Gasteiger partial charge in [-0.2, -0.15) is 0 Å². The second-order valence-corrected chi connectivity index (χ2v) is 4.46. The normalized spacial score (nSPS) is 9.95. The second kappa shape index (κ2) is 11.0. The molecule has 0 rings (SSSR count). The summed E-state index contributed by atoms with van der Waals surface area (Å²) in [5.41, 5.74) is 0. The lowest BCUT2D eigenvalue weighted by Crippen LogP contribution is -2.22. The van der Waals surface area contributed by atoms with E-state index >= 15 is 0 Å². The first-order valence-corrected chi connectivity index (χ1v) is 6.71. The van der Waals surface area contributed by atoms with Crippen molar-refractivity contribution in [3.8, 4) is 0 Å². The molecular formula is C14H23NO5. The molecule has 0 spiro atoms. The number of esters is 2. The Balaban J connectivity index is 3.47. The van der Waals surface area contributed by atoms with Crippen LogP contribution >= 0.6 is 0 Å². The summed E-state index contributed by atoms with van der Waals surface area (Å²) in [6, 6.07) is 0. The van der Waals surface area contributed by atoms with Gasteiger partial charge in [-0.05, 0) is 32.8 Å². The van der Waals surface area contributed by atoms with E-state index in [0.29, 0.717) is 19.4 Å². The summed E-state index contributed by atoms with van der Waals surface area (Å²) < 4.78 is 9.85. The molecule has 0 aliphatic rings. The maximum absolute atomic E-state index is 11.3. The number of hydrogen-bond acceptors (Lipinski definition) is 5. The maximum atomic E-state index is 11.3. The monoisotopic (exact) mass is 285 g/mol. The van der Waals surface area contributed by atoms with Gasteiger partial charge in [0.25, 0.3) is 0 Å². The Hall–Kier alpha value is -1.85. The molecule has 114 valence electrons. The highest BCUT2D eigenvalue weighted by atomic mass is 16.5. The Labute approximate surface area is 119 Å². The van der Waals surface area contributed by atoms with Crippen LogP contribution in [-0.2, 0) is 23.9 Å². The van der Waals surface area contributed by atoms with Crippen molar-refractivity contribution in [3.63, 3.8) is 0 Å². The lowest BCUT2D eigenvalue weighted by Gasteiger charge is -2.08. The van der Waals surface area contributed by atoms with Gasteiger partial charge in [0.1, 0.15) is 0 Å². The molecule has 0 aliphatic carbocycles. The molecule has 1 amide bonds. The van der Waals surface area contributed by atoms with Gasteiger partial charge in [0.2, 0.25) is 5.91 Å². The second-order valence-electron chi connectivity index (χ2n) is 4.46. The van der Waals surface area contributed by atoms with Crippen molar-refractivity contribution in [1.29, 1.82) is 0 Å². The molecule has 0 saturated carbocycles. The van der Waals surface area contributed by atoms with Crippen molar-refractivity contribution in [1.82, 2.24) is 5.32 Å². The molecule has 6 heteroatoms. The van der Waals surface area contributed by atoms with Crippen LogP contribution in [-0.4, -0.2) is 37.1 Å². The van der Waals surface area contributed by atoms with E-state index < -0.39 is 11.9 Å². The first-order valence-electron chi connectivity index (χ1n) is 6.71. The smallest absolute Gasteiger partial charge is 0.306 e. The minimum atomic E-state index is -0.416. The molecular weight excluding hydrogens is 262 g/mol. The van der Waals surface area contributed by atoms with Crippen LogP contribution in [0.25, 0.3) is 0 Å². The van der Waals surface area contributed by atoms with E-state index in [1.165, 1.54) is 6.08 Å². The minimum absolute atomic E-state index is 0.0265. The highest BCUT2D eigenvalue weighted by Gasteiger charge is 2.10. The van der Waals surface area contributed by atoms with Crippen LogP contribution in [0.4, 0.5) is 0 Å². The largest absolute Gasteiger partial charge is 0.466 e. The molecule has 0 saturated heterocycles. The number of rotatable bonds is 10. The van der Waals surface area contributed by atoms with Crippen LogP contribution in [0.5, 0.6) is 0 Å². The first-order chi connectivity index (χ1) is 9.45. The van der Waals surface area contributed by atoms with Gasteiger partial charge < -0.3 is 14.8 Å². The van der Waals surface area contributed by atoms with Crippen molar-refractivity contribution < 1.29 is 23.9 Å². The minimum Gasteiger partial charge on any atom is -0.466 e. The molecule has 0 heterocycles. The fourth-order valence-electron chi connectivity index (χ4n) is 1.29. The third-order valence-corrected chi connectivity index (χ3v) is 2.22. The molecule has 6 nitrogen and oxygen atoms in total. The van der Waals surface area contributed by atoms with E-state index in [2.05, 4.69) is 11.9 Å². The molecule has 0 aromatic rings. The highest BCUT2D eigenvalue weighted by molar-refractivity contribution is 5.86. The number of carbonyl (C=O) groups is 3. The van der Waals surface area contributed by atoms with Gasteiger partial charge in [-0.15, -0.1) is 0 Å². The van der Waals surface area contributed by atoms with Crippen LogP contribution in [0.1, 0.15) is 39.5 Å². The zero-order valence-corrected chi connectivity index (χ0v) is 12.1. The number of hydrogen-bond donors (Lipinski definition) is 1. The highest BCUT2D eigenvalue weighted by Crippen LogP contribution is 2.00. The average Bonchev–Trinajstić information content (AvgIpc) is 2.39. The Morgan fingerprint density at radius 3 is 2.40 bits per heavy atom. The Kier molecular flexibility index (Phi) is 10.00. The molecule has 20 heavy (non-hydrogen) atoms. The summed E-state index contributed by atoms with van der Waals surface area (Å²) >= 11 is 0. The number of ether oxygens (including phenoxy) is 2. The summed E-state index contributed by atoms with van der Waals surface area (Å²) in [4.78, 5) is 33.3. The summed E-state index contributed by atoms with van der Waals surface area (Å²) in [6.07, 6.45) is 2.45. The van der Waals surface area contributed by atoms with Crippen molar-refractivity contribution in [2.24, 2.45) is 0 Å².